The Kier molecular flexibility index (Phi) is 3.88. The van der Waals surface area contributed by atoms with Crippen molar-refractivity contribution in [2.45, 2.75) is 25.3 Å². The van der Waals surface area contributed by atoms with Crippen molar-refractivity contribution >= 4 is 27.0 Å². The highest BCUT2D eigenvalue weighted by molar-refractivity contribution is 7.89. The number of rotatable bonds is 4. The maximum atomic E-state index is 12.2. The number of thiazole rings is 1. The van der Waals surface area contributed by atoms with Crippen LogP contribution in [0.25, 0.3) is 0 Å². The van der Waals surface area contributed by atoms with E-state index in [1.807, 2.05) is 6.92 Å². The predicted molar refractivity (Wildman–Crippen MR) is 76.5 cm³/mol. The summed E-state index contributed by atoms with van der Waals surface area (Å²) in [5, 5.41) is 0.911. The quantitative estimate of drug-likeness (QED) is 0.843. The van der Waals surface area contributed by atoms with Crippen LogP contribution >= 0.6 is 11.3 Å². The van der Waals surface area contributed by atoms with Crippen LogP contribution in [0.15, 0.2) is 29.3 Å². The lowest BCUT2D eigenvalue weighted by Crippen LogP contribution is -2.23. The molecule has 2 aromatic rings. The topological polar surface area (TPSA) is 85.1 Å². The molecule has 0 fully saturated rings. The van der Waals surface area contributed by atoms with Crippen LogP contribution in [0.1, 0.15) is 15.4 Å². The van der Waals surface area contributed by atoms with Crippen molar-refractivity contribution in [3.63, 3.8) is 0 Å². The van der Waals surface area contributed by atoms with Crippen LogP contribution in [0.2, 0.25) is 0 Å². The van der Waals surface area contributed by atoms with Crippen LogP contribution in [-0.4, -0.2) is 13.4 Å². The molecule has 0 atom stereocenters. The highest BCUT2D eigenvalue weighted by atomic mass is 32.2. The molecule has 5 nitrogen and oxygen atoms in total. The number of nitrogen functional groups attached to an aromatic ring is 1. The molecule has 0 unspecified atom stereocenters. The average Bonchev–Trinajstić information content (AvgIpc) is 2.76. The molecule has 1 heterocycles. The van der Waals surface area contributed by atoms with Gasteiger partial charge in [-0.2, -0.15) is 0 Å². The van der Waals surface area contributed by atoms with E-state index in [1.54, 1.807) is 25.3 Å². The van der Waals surface area contributed by atoms with Gasteiger partial charge in [0.2, 0.25) is 10.0 Å². The molecule has 3 N–H and O–H groups in total. The monoisotopic (exact) mass is 297 g/mol. The summed E-state index contributed by atoms with van der Waals surface area (Å²) in [7, 11) is -3.55. The number of benzene rings is 1. The summed E-state index contributed by atoms with van der Waals surface area (Å²) in [5.41, 5.74) is 6.73. The van der Waals surface area contributed by atoms with E-state index in [1.165, 1.54) is 17.4 Å². The lowest BCUT2D eigenvalue weighted by Gasteiger charge is -2.09. The summed E-state index contributed by atoms with van der Waals surface area (Å²) in [5.74, 6) is 0. The van der Waals surface area contributed by atoms with Gasteiger partial charge >= 0.3 is 0 Å². The second kappa shape index (κ2) is 5.28. The third-order valence-corrected chi connectivity index (χ3v) is 5.06. The zero-order valence-electron chi connectivity index (χ0n) is 10.7. The predicted octanol–water partition coefficient (Wildman–Crippen LogP) is 1.82. The molecule has 0 saturated heterocycles. The summed E-state index contributed by atoms with van der Waals surface area (Å²) in [6, 6.07) is 4.84. The average molecular weight is 297 g/mol. The number of hydrogen-bond acceptors (Lipinski definition) is 5. The molecule has 0 radical (unpaired) electrons. The minimum absolute atomic E-state index is 0.216. The van der Waals surface area contributed by atoms with Gasteiger partial charge in [-0.1, -0.05) is 6.07 Å². The van der Waals surface area contributed by atoms with Crippen molar-refractivity contribution in [3.8, 4) is 0 Å². The summed E-state index contributed by atoms with van der Waals surface area (Å²) in [4.78, 5) is 5.18. The van der Waals surface area contributed by atoms with E-state index in [-0.39, 0.29) is 11.4 Å². The Balaban J connectivity index is 2.20. The van der Waals surface area contributed by atoms with Crippen LogP contribution in [0.5, 0.6) is 0 Å². The second-order valence-corrected chi connectivity index (χ2v) is 7.25. The summed E-state index contributed by atoms with van der Waals surface area (Å²) in [6.45, 7) is 3.86. The van der Waals surface area contributed by atoms with Crippen molar-refractivity contribution in [2.24, 2.45) is 0 Å². The molecule has 0 aliphatic heterocycles. The second-order valence-electron chi connectivity index (χ2n) is 4.20. The molecule has 7 heteroatoms. The molecule has 0 amide bonds. The Morgan fingerprint density at radius 1 is 1.37 bits per heavy atom. The fourth-order valence-electron chi connectivity index (χ4n) is 1.64. The Labute approximate surface area is 116 Å². The van der Waals surface area contributed by atoms with Gasteiger partial charge in [0, 0.05) is 23.3 Å². The Hall–Kier alpha value is -1.44. The van der Waals surface area contributed by atoms with Gasteiger partial charge < -0.3 is 5.73 Å². The van der Waals surface area contributed by atoms with E-state index in [0.29, 0.717) is 11.3 Å². The first kappa shape index (κ1) is 14.0. The molecule has 2 rings (SSSR count). The van der Waals surface area contributed by atoms with Crippen molar-refractivity contribution in [2.75, 3.05) is 5.73 Å². The lowest BCUT2D eigenvalue weighted by atomic mass is 10.2. The van der Waals surface area contributed by atoms with Gasteiger partial charge in [-0.25, -0.2) is 18.1 Å². The van der Waals surface area contributed by atoms with Crippen molar-refractivity contribution in [1.29, 1.82) is 0 Å². The smallest absolute Gasteiger partial charge is 0.241 e. The standard InChI is InChI=1S/C12H15N3O2S2/c1-8-3-4-10(13)5-12(8)19(16,17)15-7-11-6-14-9(2)18-11/h3-6,15H,7,13H2,1-2H3. The molecule has 19 heavy (non-hydrogen) atoms. The van der Waals surface area contributed by atoms with Crippen molar-refractivity contribution < 1.29 is 8.42 Å². The molecule has 102 valence electrons. The van der Waals surface area contributed by atoms with Crippen LogP contribution in [-0.2, 0) is 16.6 Å². The summed E-state index contributed by atoms with van der Waals surface area (Å²) in [6.07, 6.45) is 1.68. The zero-order chi connectivity index (χ0) is 14.0. The van der Waals surface area contributed by atoms with Crippen molar-refractivity contribution in [1.82, 2.24) is 9.71 Å². The van der Waals surface area contributed by atoms with E-state index < -0.39 is 10.0 Å². The van der Waals surface area contributed by atoms with E-state index in [9.17, 15) is 8.42 Å². The number of aryl methyl sites for hydroxylation is 2. The van der Waals surface area contributed by atoms with Gasteiger partial charge in [0.25, 0.3) is 0 Å². The first-order valence-electron chi connectivity index (χ1n) is 5.65. The van der Waals surface area contributed by atoms with E-state index in [0.717, 1.165) is 9.88 Å². The summed E-state index contributed by atoms with van der Waals surface area (Å²) < 4.78 is 27.0. The minimum atomic E-state index is -3.55. The maximum absolute atomic E-state index is 12.2. The molecule has 1 aromatic carbocycles. The molecule has 0 spiro atoms. The number of aromatic nitrogens is 1. The third kappa shape index (κ3) is 3.31. The lowest BCUT2D eigenvalue weighted by molar-refractivity contribution is 0.581. The molecule has 0 aliphatic rings. The SMILES string of the molecule is Cc1ncc(CNS(=O)(=O)c2cc(N)ccc2C)s1. The molecule has 0 bridgehead atoms. The van der Waals surface area contributed by atoms with Crippen LogP contribution in [0, 0.1) is 13.8 Å². The van der Waals surface area contributed by atoms with E-state index in [4.69, 9.17) is 5.73 Å². The number of nitrogens with two attached hydrogens (primary N) is 1. The van der Waals surface area contributed by atoms with Gasteiger partial charge in [0.15, 0.2) is 0 Å². The fourth-order valence-corrected chi connectivity index (χ4v) is 3.75. The van der Waals surface area contributed by atoms with Gasteiger partial charge in [0.1, 0.15) is 0 Å². The number of nitrogens with zero attached hydrogens (tertiary/aromatic N) is 1. The number of nitrogens with one attached hydrogen (secondary N) is 1. The molecular weight excluding hydrogens is 282 g/mol. The van der Waals surface area contributed by atoms with Gasteiger partial charge in [-0.05, 0) is 31.5 Å². The number of hydrogen-bond donors (Lipinski definition) is 2. The Bertz CT molecular complexity index is 693. The van der Waals surface area contributed by atoms with Crippen LogP contribution in [0.4, 0.5) is 5.69 Å². The third-order valence-electron chi connectivity index (χ3n) is 2.61. The Morgan fingerprint density at radius 2 is 2.11 bits per heavy atom. The highest BCUT2D eigenvalue weighted by Gasteiger charge is 2.17. The minimum Gasteiger partial charge on any atom is -0.399 e. The van der Waals surface area contributed by atoms with Crippen molar-refractivity contribution in [3.05, 3.63) is 39.8 Å². The van der Waals surface area contributed by atoms with E-state index >= 15 is 0 Å². The Morgan fingerprint density at radius 3 is 2.74 bits per heavy atom. The van der Waals surface area contributed by atoms with Gasteiger partial charge in [-0.3, -0.25) is 0 Å². The molecule has 0 saturated carbocycles. The highest BCUT2D eigenvalue weighted by Crippen LogP contribution is 2.19. The molecule has 0 aliphatic carbocycles. The number of sulfonamides is 1. The first-order chi connectivity index (χ1) is 8.88. The fraction of sp³-hybridized carbons (Fsp3) is 0.250. The van der Waals surface area contributed by atoms with Gasteiger partial charge in [-0.15, -0.1) is 11.3 Å². The largest absolute Gasteiger partial charge is 0.399 e. The molecular formula is C12H15N3O2S2. The summed E-state index contributed by atoms with van der Waals surface area (Å²) >= 11 is 1.47. The normalized spacial score (nSPS) is 11.7. The molecule has 1 aromatic heterocycles. The first-order valence-corrected chi connectivity index (χ1v) is 7.95. The maximum Gasteiger partial charge on any atom is 0.241 e. The van der Waals surface area contributed by atoms with Crippen LogP contribution < -0.4 is 10.5 Å². The van der Waals surface area contributed by atoms with E-state index in [2.05, 4.69) is 9.71 Å². The van der Waals surface area contributed by atoms with Crippen LogP contribution in [0.3, 0.4) is 0 Å². The van der Waals surface area contributed by atoms with Gasteiger partial charge in [0.05, 0.1) is 9.90 Å². The number of anilines is 1. The zero-order valence-corrected chi connectivity index (χ0v) is 12.3.